The van der Waals surface area contributed by atoms with E-state index in [1.807, 2.05) is 0 Å². The molecule has 0 spiro atoms. The van der Waals surface area contributed by atoms with Crippen LogP contribution in [-0.4, -0.2) is 29.6 Å². The maximum Gasteiger partial charge on any atom is 0.119 e. The van der Waals surface area contributed by atoms with Gasteiger partial charge in [-0.1, -0.05) is 6.42 Å². The highest BCUT2D eigenvalue weighted by Crippen LogP contribution is 2.39. The van der Waals surface area contributed by atoms with Crippen molar-refractivity contribution in [2.24, 2.45) is 11.7 Å². The molecule has 1 heterocycles. The second-order valence-electron chi connectivity index (χ2n) is 5.24. The quantitative estimate of drug-likeness (QED) is 0.763. The molecule has 3 nitrogen and oxygen atoms in total. The van der Waals surface area contributed by atoms with Gasteiger partial charge < -0.3 is 5.73 Å². The van der Waals surface area contributed by atoms with Crippen LogP contribution in [0.25, 0.3) is 0 Å². The molecule has 0 aromatic carbocycles. The standard InChI is InChI=1S/C12H21N3/c1-10-4-2-3-7-15(10)9-12(14,8-13)11-5-6-11/h10-11H,2-7,9,14H2,1H3. The van der Waals surface area contributed by atoms with Gasteiger partial charge in [0.1, 0.15) is 5.54 Å². The summed E-state index contributed by atoms with van der Waals surface area (Å²) in [6.45, 7) is 4.15. The monoisotopic (exact) mass is 207 g/mol. The molecule has 2 atom stereocenters. The lowest BCUT2D eigenvalue weighted by atomic mass is 9.93. The number of nitriles is 1. The summed E-state index contributed by atoms with van der Waals surface area (Å²) in [5.74, 6) is 0.455. The Bertz CT molecular complexity index is 267. The molecule has 1 aliphatic carbocycles. The van der Waals surface area contributed by atoms with Gasteiger partial charge in [-0.05, 0) is 45.1 Å². The summed E-state index contributed by atoms with van der Waals surface area (Å²) in [5.41, 5.74) is 5.62. The van der Waals surface area contributed by atoms with E-state index < -0.39 is 5.54 Å². The molecule has 0 radical (unpaired) electrons. The van der Waals surface area contributed by atoms with Gasteiger partial charge in [-0.3, -0.25) is 4.90 Å². The third kappa shape index (κ3) is 2.32. The van der Waals surface area contributed by atoms with E-state index >= 15 is 0 Å². The van der Waals surface area contributed by atoms with Gasteiger partial charge in [-0.15, -0.1) is 0 Å². The van der Waals surface area contributed by atoms with Gasteiger partial charge in [-0.25, -0.2) is 0 Å². The first-order valence-electron chi connectivity index (χ1n) is 6.10. The average Bonchev–Trinajstić information content (AvgIpc) is 3.05. The molecule has 0 amide bonds. The van der Waals surface area contributed by atoms with Gasteiger partial charge in [0.15, 0.2) is 0 Å². The van der Waals surface area contributed by atoms with E-state index in [1.165, 1.54) is 19.3 Å². The van der Waals surface area contributed by atoms with Gasteiger partial charge in [0.05, 0.1) is 6.07 Å². The molecule has 2 aliphatic rings. The Morgan fingerprint density at radius 3 is 2.67 bits per heavy atom. The van der Waals surface area contributed by atoms with E-state index in [0.717, 1.165) is 25.9 Å². The third-order valence-electron chi connectivity index (χ3n) is 3.92. The Hall–Kier alpha value is -0.590. The molecule has 84 valence electrons. The third-order valence-corrected chi connectivity index (χ3v) is 3.92. The van der Waals surface area contributed by atoms with Crippen molar-refractivity contribution >= 4 is 0 Å². The lowest BCUT2D eigenvalue weighted by Gasteiger charge is -2.37. The summed E-state index contributed by atoms with van der Waals surface area (Å²) in [6, 6.07) is 2.95. The van der Waals surface area contributed by atoms with Crippen molar-refractivity contribution in [1.29, 1.82) is 5.26 Å². The number of piperidine rings is 1. The zero-order valence-electron chi connectivity index (χ0n) is 9.58. The summed E-state index contributed by atoms with van der Waals surface area (Å²) in [4.78, 5) is 2.41. The number of rotatable bonds is 3. The van der Waals surface area contributed by atoms with Crippen LogP contribution in [-0.2, 0) is 0 Å². The predicted molar refractivity (Wildman–Crippen MR) is 60.1 cm³/mol. The molecule has 0 aromatic rings. The lowest BCUT2D eigenvalue weighted by molar-refractivity contribution is 0.132. The summed E-state index contributed by atoms with van der Waals surface area (Å²) < 4.78 is 0. The molecule has 1 saturated heterocycles. The van der Waals surface area contributed by atoms with Crippen LogP contribution in [0.15, 0.2) is 0 Å². The van der Waals surface area contributed by atoms with Gasteiger partial charge >= 0.3 is 0 Å². The van der Waals surface area contributed by atoms with Gasteiger partial charge in [0, 0.05) is 12.6 Å². The molecule has 15 heavy (non-hydrogen) atoms. The maximum atomic E-state index is 9.21. The van der Waals surface area contributed by atoms with Crippen molar-refractivity contribution in [3.63, 3.8) is 0 Å². The molecule has 2 rings (SSSR count). The minimum absolute atomic E-state index is 0.455. The van der Waals surface area contributed by atoms with Crippen molar-refractivity contribution in [2.75, 3.05) is 13.1 Å². The molecule has 1 saturated carbocycles. The van der Waals surface area contributed by atoms with Crippen LogP contribution >= 0.6 is 0 Å². The van der Waals surface area contributed by atoms with Crippen LogP contribution in [0.4, 0.5) is 0 Å². The zero-order chi connectivity index (χ0) is 10.9. The minimum atomic E-state index is -0.578. The number of nitrogens with two attached hydrogens (primary N) is 1. The Kier molecular flexibility index (Phi) is 2.99. The Morgan fingerprint density at radius 2 is 2.13 bits per heavy atom. The molecule has 0 bridgehead atoms. The van der Waals surface area contributed by atoms with Crippen LogP contribution in [0.5, 0.6) is 0 Å². The van der Waals surface area contributed by atoms with E-state index in [-0.39, 0.29) is 0 Å². The van der Waals surface area contributed by atoms with Crippen molar-refractivity contribution in [3.05, 3.63) is 0 Å². The fourth-order valence-corrected chi connectivity index (χ4v) is 2.58. The average molecular weight is 207 g/mol. The van der Waals surface area contributed by atoms with E-state index in [9.17, 15) is 5.26 Å². The number of hydrogen-bond acceptors (Lipinski definition) is 3. The molecular formula is C12H21N3. The summed E-state index contributed by atoms with van der Waals surface area (Å²) in [6.07, 6.45) is 6.13. The van der Waals surface area contributed by atoms with Crippen LogP contribution in [0.1, 0.15) is 39.0 Å². The van der Waals surface area contributed by atoms with Crippen molar-refractivity contribution < 1.29 is 0 Å². The Labute approximate surface area is 92.2 Å². The maximum absolute atomic E-state index is 9.21. The molecule has 0 aromatic heterocycles. The second kappa shape index (κ2) is 4.11. The fraction of sp³-hybridized carbons (Fsp3) is 0.917. The van der Waals surface area contributed by atoms with Crippen LogP contribution in [0.3, 0.4) is 0 Å². The topological polar surface area (TPSA) is 53.0 Å². The summed E-state index contributed by atoms with van der Waals surface area (Å²) in [5, 5.41) is 9.21. The van der Waals surface area contributed by atoms with E-state index in [1.54, 1.807) is 0 Å². The van der Waals surface area contributed by atoms with Crippen molar-refractivity contribution in [1.82, 2.24) is 4.90 Å². The SMILES string of the molecule is CC1CCCCN1CC(N)(C#N)C1CC1. The number of hydrogen-bond donors (Lipinski definition) is 1. The highest BCUT2D eigenvalue weighted by atomic mass is 15.2. The normalized spacial score (nSPS) is 31.9. The molecular weight excluding hydrogens is 186 g/mol. The fourth-order valence-electron chi connectivity index (χ4n) is 2.58. The smallest absolute Gasteiger partial charge is 0.119 e. The van der Waals surface area contributed by atoms with Gasteiger partial charge in [0.25, 0.3) is 0 Å². The molecule has 3 heteroatoms. The summed E-state index contributed by atoms with van der Waals surface area (Å²) in [7, 11) is 0. The lowest BCUT2D eigenvalue weighted by Crippen LogP contribution is -2.54. The summed E-state index contributed by atoms with van der Waals surface area (Å²) >= 11 is 0. The van der Waals surface area contributed by atoms with Crippen LogP contribution < -0.4 is 5.73 Å². The minimum Gasteiger partial charge on any atom is -0.312 e. The molecule has 2 unspecified atom stereocenters. The van der Waals surface area contributed by atoms with Gasteiger partial charge in [0.2, 0.25) is 0 Å². The molecule has 2 N–H and O–H groups in total. The molecule has 2 fully saturated rings. The largest absolute Gasteiger partial charge is 0.312 e. The molecule has 1 aliphatic heterocycles. The first-order chi connectivity index (χ1) is 7.15. The number of nitrogens with zero attached hydrogens (tertiary/aromatic N) is 2. The van der Waals surface area contributed by atoms with Crippen molar-refractivity contribution in [3.8, 4) is 6.07 Å². The van der Waals surface area contributed by atoms with Crippen LogP contribution in [0.2, 0.25) is 0 Å². The first kappa shape index (κ1) is 10.9. The predicted octanol–water partition coefficient (Wildman–Crippen LogP) is 1.49. The second-order valence-corrected chi connectivity index (χ2v) is 5.24. The Morgan fingerprint density at radius 1 is 1.40 bits per heavy atom. The number of likely N-dealkylation sites (tertiary alicyclic amines) is 1. The highest BCUT2D eigenvalue weighted by molar-refractivity contribution is 5.15. The van der Waals surface area contributed by atoms with E-state index in [2.05, 4.69) is 17.9 Å². The van der Waals surface area contributed by atoms with Crippen LogP contribution in [0, 0.1) is 17.2 Å². The zero-order valence-corrected chi connectivity index (χ0v) is 9.58. The van der Waals surface area contributed by atoms with E-state index in [0.29, 0.717) is 12.0 Å². The highest BCUT2D eigenvalue weighted by Gasteiger charge is 2.44. The van der Waals surface area contributed by atoms with Crippen molar-refractivity contribution in [2.45, 2.75) is 50.6 Å². The Balaban J connectivity index is 1.96. The first-order valence-corrected chi connectivity index (χ1v) is 6.10. The van der Waals surface area contributed by atoms with E-state index in [4.69, 9.17) is 5.73 Å². The van der Waals surface area contributed by atoms with Gasteiger partial charge in [-0.2, -0.15) is 5.26 Å².